The Morgan fingerprint density at radius 1 is 1.36 bits per heavy atom. The van der Waals surface area contributed by atoms with E-state index in [0.717, 1.165) is 37.8 Å². The number of benzene rings is 1. The van der Waals surface area contributed by atoms with Crippen molar-refractivity contribution in [3.05, 3.63) is 33.8 Å². The van der Waals surface area contributed by atoms with Crippen molar-refractivity contribution in [3.63, 3.8) is 0 Å². The predicted octanol–water partition coefficient (Wildman–Crippen LogP) is 3.83. The molecule has 1 saturated heterocycles. The molecule has 1 aromatic rings. The molecule has 0 aromatic heterocycles. The molecular formula is C17H22Cl2N2O. The number of halogens is 2. The third-order valence-electron chi connectivity index (χ3n) is 4.91. The van der Waals surface area contributed by atoms with Crippen molar-refractivity contribution in [2.75, 3.05) is 6.54 Å². The standard InChI is InChI=1S/C17H22Cl2N2O/c1-10(20)16-4-2-3-7-21(16)17(22)14-9-13(14)12-6-5-11(18)8-15(12)19/h5-6,8,10,13-14,16H,2-4,7,9,20H2,1H3. The summed E-state index contributed by atoms with van der Waals surface area (Å²) in [7, 11) is 0. The normalized spacial score (nSPS) is 29.3. The molecule has 2 aliphatic rings. The van der Waals surface area contributed by atoms with E-state index in [1.807, 2.05) is 24.0 Å². The van der Waals surface area contributed by atoms with E-state index in [1.54, 1.807) is 6.07 Å². The Hall–Kier alpha value is -0.770. The van der Waals surface area contributed by atoms with Gasteiger partial charge in [0.05, 0.1) is 0 Å². The average Bonchev–Trinajstić information content (AvgIpc) is 3.26. The van der Waals surface area contributed by atoms with Gasteiger partial charge in [-0.05, 0) is 56.2 Å². The number of likely N-dealkylation sites (tertiary alicyclic amines) is 1. The number of nitrogens with zero attached hydrogens (tertiary/aromatic N) is 1. The Balaban J connectivity index is 1.72. The zero-order chi connectivity index (χ0) is 15.9. The average molecular weight is 341 g/mol. The summed E-state index contributed by atoms with van der Waals surface area (Å²) in [6.45, 7) is 2.83. The summed E-state index contributed by atoms with van der Waals surface area (Å²) in [6.07, 6.45) is 4.13. The van der Waals surface area contributed by atoms with Gasteiger partial charge in [0.15, 0.2) is 0 Å². The molecule has 1 amide bonds. The van der Waals surface area contributed by atoms with E-state index < -0.39 is 0 Å². The van der Waals surface area contributed by atoms with Gasteiger partial charge in [-0.15, -0.1) is 0 Å². The third-order valence-corrected chi connectivity index (χ3v) is 5.47. The number of piperidine rings is 1. The molecule has 3 rings (SSSR count). The Kier molecular flexibility index (Phi) is 4.67. The number of amides is 1. The van der Waals surface area contributed by atoms with Crippen LogP contribution in [0.25, 0.3) is 0 Å². The topological polar surface area (TPSA) is 46.3 Å². The van der Waals surface area contributed by atoms with Crippen molar-refractivity contribution >= 4 is 29.1 Å². The number of carbonyl (C=O) groups is 1. The van der Waals surface area contributed by atoms with E-state index in [1.165, 1.54) is 0 Å². The van der Waals surface area contributed by atoms with Crippen molar-refractivity contribution in [1.29, 1.82) is 0 Å². The van der Waals surface area contributed by atoms with Gasteiger partial charge in [-0.25, -0.2) is 0 Å². The van der Waals surface area contributed by atoms with Crippen LogP contribution in [-0.4, -0.2) is 29.4 Å². The molecule has 22 heavy (non-hydrogen) atoms. The molecule has 4 atom stereocenters. The summed E-state index contributed by atoms with van der Waals surface area (Å²) in [5.74, 6) is 0.531. The lowest BCUT2D eigenvalue weighted by Crippen LogP contribution is -2.52. The molecule has 1 aromatic carbocycles. The quantitative estimate of drug-likeness (QED) is 0.908. The van der Waals surface area contributed by atoms with E-state index >= 15 is 0 Å². The molecule has 120 valence electrons. The molecule has 5 heteroatoms. The molecule has 2 fully saturated rings. The third kappa shape index (κ3) is 3.12. The lowest BCUT2D eigenvalue weighted by atomic mass is 9.96. The number of nitrogens with two attached hydrogens (primary N) is 1. The SMILES string of the molecule is CC(N)C1CCCCN1C(=O)C1CC1c1ccc(Cl)cc1Cl. The summed E-state index contributed by atoms with van der Waals surface area (Å²) in [6, 6.07) is 5.75. The molecule has 1 aliphatic heterocycles. The minimum absolute atomic E-state index is 0.0283. The molecule has 1 saturated carbocycles. The van der Waals surface area contributed by atoms with Crippen molar-refractivity contribution in [2.24, 2.45) is 11.7 Å². The fourth-order valence-corrected chi connectivity index (χ4v) is 4.15. The van der Waals surface area contributed by atoms with Crippen LogP contribution in [0.3, 0.4) is 0 Å². The van der Waals surface area contributed by atoms with Crippen LogP contribution in [-0.2, 0) is 4.79 Å². The lowest BCUT2D eigenvalue weighted by Gasteiger charge is -2.38. The molecule has 0 radical (unpaired) electrons. The first kappa shape index (κ1) is 16.1. The van der Waals surface area contributed by atoms with Crippen LogP contribution in [0.4, 0.5) is 0 Å². The van der Waals surface area contributed by atoms with E-state index in [4.69, 9.17) is 28.9 Å². The molecule has 0 spiro atoms. The van der Waals surface area contributed by atoms with Crippen molar-refractivity contribution < 1.29 is 4.79 Å². The van der Waals surface area contributed by atoms with Crippen molar-refractivity contribution in [2.45, 2.75) is 50.6 Å². The largest absolute Gasteiger partial charge is 0.338 e. The van der Waals surface area contributed by atoms with Gasteiger partial charge in [-0.1, -0.05) is 29.3 Å². The van der Waals surface area contributed by atoms with Gasteiger partial charge in [0.25, 0.3) is 0 Å². The molecule has 1 heterocycles. The van der Waals surface area contributed by atoms with Crippen LogP contribution in [0.1, 0.15) is 44.1 Å². The molecular weight excluding hydrogens is 319 g/mol. The van der Waals surface area contributed by atoms with Crippen LogP contribution in [0.15, 0.2) is 18.2 Å². The Morgan fingerprint density at radius 2 is 2.14 bits per heavy atom. The highest BCUT2D eigenvalue weighted by atomic mass is 35.5. The number of hydrogen-bond acceptors (Lipinski definition) is 2. The maximum atomic E-state index is 12.8. The van der Waals surface area contributed by atoms with E-state index in [-0.39, 0.29) is 29.8 Å². The van der Waals surface area contributed by atoms with Crippen LogP contribution in [0, 0.1) is 5.92 Å². The Labute approximate surface area is 141 Å². The minimum atomic E-state index is 0.0283. The van der Waals surface area contributed by atoms with Gasteiger partial charge in [0, 0.05) is 34.6 Å². The molecule has 0 bridgehead atoms. The summed E-state index contributed by atoms with van der Waals surface area (Å²) >= 11 is 12.2. The van der Waals surface area contributed by atoms with Crippen molar-refractivity contribution in [3.8, 4) is 0 Å². The zero-order valence-electron chi connectivity index (χ0n) is 12.8. The number of carbonyl (C=O) groups excluding carboxylic acids is 1. The van der Waals surface area contributed by atoms with Crippen LogP contribution < -0.4 is 5.73 Å². The van der Waals surface area contributed by atoms with E-state index in [0.29, 0.717) is 10.0 Å². The monoisotopic (exact) mass is 340 g/mol. The highest BCUT2D eigenvalue weighted by Gasteiger charge is 2.48. The van der Waals surface area contributed by atoms with Gasteiger partial charge in [-0.2, -0.15) is 0 Å². The van der Waals surface area contributed by atoms with Crippen LogP contribution in [0.2, 0.25) is 10.0 Å². The maximum absolute atomic E-state index is 12.8. The second kappa shape index (κ2) is 6.38. The molecule has 2 N–H and O–H groups in total. The Bertz CT molecular complexity index is 576. The van der Waals surface area contributed by atoms with Crippen molar-refractivity contribution in [1.82, 2.24) is 4.90 Å². The fraction of sp³-hybridized carbons (Fsp3) is 0.588. The van der Waals surface area contributed by atoms with E-state index in [9.17, 15) is 4.79 Å². The molecule has 1 aliphatic carbocycles. The smallest absolute Gasteiger partial charge is 0.226 e. The number of rotatable bonds is 3. The van der Waals surface area contributed by atoms with Gasteiger partial charge >= 0.3 is 0 Å². The second-order valence-corrected chi connectivity index (χ2v) is 7.41. The summed E-state index contributed by atoms with van der Waals surface area (Å²) in [5, 5.41) is 1.29. The van der Waals surface area contributed by atoms with Gasteiger partial charge in [0.2, 0.25) is 5.91 Å². The summed E-state index contributed by atoms with van der Waals surface area (Å²) in [5.41, 5.74) is 7.11. The van der Waals surface area contributed by atoms with E-state index in [2.05, 4.69) is 0 Å². The van der Waals surface area contributed by atoms with Crippen LogP contribution >= 0.6 is 23.2 Å². The first-order valence-corrected chi connectivity index (χ1v) is 8.75. The highest BCUT2D eigenvalue weighted by Crippen LogP contribution is 2.51. The van der Waals surface area contributed by atoms with Crippen LogP contribution in [0.5, 0.6) is 0 Å². The maximum Gasteiger partial charge on any atom is 0.226 e. The van der Waals surface area contributed by atoms with Gasteiger partial charge < -0.3 is 10.6 Å². The second-order valence-electron chi connectivity index (χ2n) is 6.57. The lowest BCUT2D eigenvalue weighted by molar-refractivity contribution is -0.136. The zero-order valence-corrected chi connectivity index (χ0v) is 14.3. The minimum Gasteiger partial charge on any atom is -0.338 e. The molecule has 3 nitrogen and oxygen atoms in total. The van der Waals surface area contributed by atoms with Gasteiger partial charge in [0.1, 0.15) is 0 Å². The summed E-state index contributed by atoms with van der Waals surface area (Å²) in [4.78, 5) is 14.9. The van der Waals surface area contributed by atoms with Gasteiger partial charge in [-0.3, -0.25) is 4.79 Å². The Morgan fingerprint density at radius 3 is 2.82 bits per heavy atom. The first-order valence-electron chi connectivity index (χ1n) is 8.00. The first-order chi connectivity index (χ1) is 10.5. The predicted molar refractivity (Wildman–Crippen MR) is 90.3 cm³/mol. The summed E-state index contributed by atoms with van der Waals surface area (Å²) < 4.78 is 0. The highest BCUT2D eigenvalue weighted by molar-refractivity contribution is 6.35. The fourth-order valence-electron chi connectivity index (χ4n) is 3.60. The molecule has 4 unspecified atom stereocenters. The number of hydrogen-bond donors (Lipinski definition) is 1.